The number of nitrogens with one attached hydrogen (secondary N) is 3. The largest absolute Gasteiger partial charge is 0.353 e. The van der Waals surface area contributed by atoms with Gasteiger partial charge in [-0.25, -0.2) is 4.79 Å². The normalized spacial score (nSPS) is 11.9. The van der Waals surface area contributed by atoms with Gasteiger partial charge in [-0.15, -0.1) is 0 Å². The molecule has 2 heterocycles. The van der Waals surface area contributed by atoms with Crippen molar-refractivity contribution in [3.63, 3.8) is 0 Å². The van der Waals surface area contributed by atoms with Gasteiger partial charge in [0.25, 0.3) is 5.56 Å². The Morgan fingerprint density at radius 2 is 2.05 bits per heavy atom. The van der Waals surface area contributed by atoms with Gasteiger partial charge < -0.3 is 10.3 Å². The van der Waals surface area contributed by atoms with E-state index in [2.05, 4.69) is 20.3 Å². The van der Waals surface area contributed by atoms with Gasteiger partial charge in [-0.05, 0) is 31.0 Å². The van der Waals surface area contributed by atoms with Crippen LogP contribution < -0.4 is 16.6 Å². The molecule has 0 saturated heterocycles. The fourth-order valence-corrected chi connectivity index (χ4v) is 1.99. The molecule has 0 aromatic carbocycles. The average molecular weight is 288 g/mol. The first-order chi connectivity index (χ1) is 10.0. The molecule has 1 amide bonds. The lowest BCUT2D eigenvalue weighted by atomic mass is 10.1. The molecule has 21 heavy (non-hydrogen) atoms. The Morgan fingerprint density at radius 1 is 1.33 bits per heavy atom. The number of hydrogen-bond acceptors (Lipinski definition) is 4. The third-order valence-corrected chi connectivity index (χ3v) is 2.95. The molecule has 110 valence electrons. The highest BCUT2D eigenvalue weighted by molar-refractivity contribution is 5.78. The zero-order valence-electron chi connectivity index (χ0n) is 11.6. The van der Waals surface area contributed by atoms with E-state index in [1.54, 1.807) is 12.4 Å². The SMILES string of the molecule is C[C@@H](Cc1ccncc1)NC(=O)Cc1c[nH]c(=O)[nH]c1=O. The Balaban J connectivity index is 1.92. The number of carbonyl (C=O) groups is 1. The second-order valence-electron chi connectivity index (χ2n) is 4.80. The first-order valence-electron chi connectivity index (χ1n) is 6.54. The molecule has 0 aliphatic carbocycles. The number of pyridine rings is 1. The molecule has 0 unspecified atom stereocenters. The minimum atomic E-state index is -0.588. The van der Waals surface area contributed by atoms with Gasteiger partial charge in [-0.2, -0.15) is 0 Å². The predicted octanol–water partition coefficient (Wildman–Crippen LogP) is -0.252. The lowest BCUT2D eigenvalue weighted by Crippen LogP contribution is -2.37. The molecule has 0 bridgehead atoms. The third-order valence-electron chi connectivity index (χ3n) is 2.95. The van der Waals surface area contributed by atoms with E-state index in [9.17, 15) is 14.4 Å². The first kappa shape index (κ1) is 14.7. The highest BCUT2D eigenvalue weighted by Crippen LogP contribution is 2.01. The maximum Gasteiger partial charge on any atom is 0.325 e. The quantitative estimate of drug-likeness (QED) is 0.705. The van der Waals surface area contributed by atoms with Crippen LogP contribution >= 0.6 is 0 Å². The number of aromatic amines is 2. The van der Waals surface area contributed by atoms with Gasteiger partial charge in [0.15, 0.2) is 0 Å². The van der Waals surface area contributed by atoms with Crippen LogP contribution in [0.1, 0.15) is 18.1 Å². The zero-order valence-corrected chi connectivity index (χ0v) is 11.6. The Morgan fingerprint density at radius 3 is 2.71 bits per heavy atom. The minimum Gasteiger partial charge on any atom is -0.353 e. The summed E-state index contributed by atoms with van der Waals surface area (Å²) in [5.74, 6) is -0.269. The fourth-order valence-electron chi connectivity index (χ4n) is 1.99. The summed E-state index contributed by atoms with van der Waals surface area (Å²) in [5, 5.41) is 2.81. The second-order valence-corrected chi connectivity index (χ2v) is 4.80. The van der Waals surface area contributed by atoms with E-state index < -0.39 is 11.2 Å². The minimum absolute atomic E-state index is 0.0678. The Hall–Kier alpha value is -2.70. The summed E-state index contributed by atoms with van der Waals surface area (Å²) in [6, 6.07) is 3.70. The highest BCUT2D eigenvalue weighted by Gasteiger charge is 2.11. The number of nitrogens with zero attached hydrogens (tertiary/aromatic N) is 1. The molecule has 0 spiro atoms. The van der Waals surface area contributed by atoms with Gasteiger partial charge >= 0.3 is 5.69 Å². The summed E-state index contributed by atoms with van der Waals surface area (Å²) in [6.07, 6.45) is 5.25. The van der Waals surface area contributed by atoms with Gasteiger partial charge in [0.1, 0.15) is 0 Å². The van der Waals surface area contributed by atoms with Gasteiger partial charge in [0.2, 0.25) is 5.91 Å². The van der Waals surface area contributed by atoms with E-state index in [0.29, 0.717) is 6.42 Å². The summed E-state index contributed by atoms with van der Waals surface area (Å²) in [6.45, 7) is 1.88. The molecule has 3 N–H and O–H groups in total. The number of amides is 1. The van der Waals surface area contributed by atoms with Gasteiger partial charge in [-0.3, -0.25) is 19.6 Å². The van der Waals surface area contributed by atoms with E-state index in [0.717, 1.165) is 5.56 Å². The predicted molar refractivity (Wildman–Crippen MR) is 76.9 cm³/mol. The van der Waals surface area contributed by atoms with Crippen molar-refractivity contribution in [2.45, 2.75) is 25.8 Å². The molecule has 0 saturated carbocycles. The Labute approximate surface area is 120 Å². The molecule has 1 atom stereocenters. The van der Waals surface area contributed by atoms with Crippen LogP contribution in [0, 0.1) is 0 Å². The number of rotatable bonds is 5. The van der Waals surface area contributed by atoms with E-state index in [1.165, 1.54) is 6.20 Å². The summed E-state index contributed by atoms with van der Waals surface area (Å²) in [4.78, 5) is 42.6. The Kier molecular flexibility index (Phi) is 4.65. The molecule has 7 nitrogen and oxygen atoms in total. The number of H-pyrrole nitrogens is 2. The van der Waals surface area contributed by atoms with Crippen LogP contribution in [0.3, 0.4) is 0 Å². The molecule has 0 aliphatic heterocycles. The van der Waals surface area contributed by atoms with Crippen molar-refractivity contribution in [3.05, 3.63) is 62.7 Å². The molecular weight excluding hydrogens is 272 g/mol. The number of carbonyl (C=O) groups excluding carboxylic acids is 1. The van der Waals surface area contributed by atoms with Gasteiger partial charge in [0, 0.05) is 30.2 Å². The van der Waals surface area contributed by atoms with Crippen molar-refractivity contribution in [2.24, 2.45) is 0 Å². The zero-order chi connectivity index (χ0) is 15.2. The van der Waals surface area contributed by atoms with Gasteiger partial charge in [0.05, 0.1) is 6.42 Å². The number of hydrogen-bond donors (Lipinski definition) is 3. The van der Waals surface area contributed by atoms with Crippen LogP contribution in [0.15, 0.2) is 40.3 Å². The molecule has 0 fully saturated rings. The van der Waals surface area contributed by atoms with Crippen molar-refractivity contribution in [3.8, 4) is 0 Å². The molecular formula is C14H16N4O3. The molecule has 2 rings (SSSR count). The average Bonchev–Trinajstić information content (AvgIpc) is 2.43. The molecule has 2 aromatic rings. The maximum absolute atomic E-state index is 11.9. The summed E-state index contributed by atoms with van der Waals surface area (Å²) >= 11 is 0. The second kappa shape index (κ2) is 6.65. The highest BCUT2D eigenvalue weighted by atomic mass is 16.2. The van der Waals surface area contributed by atoms with E-state index in [1.807, 2.05) is 19.1 Å². The maximum atomic E-state index is 11.9. The lowest BCUT2D eigenvalue weighted by molar-refractivity contribution is -0.121. The number of aromatic nitrogens is 3. The smallest absolute Gasteiger partial charge is 0.325 e. The van der Waals surface area contributed by atoms with Crippen LogP contribution in [0.5, 0.6) is 0 Å². The lowest BCUT2D eigenvalue weighted by Gasteiger charge is -2.13. The van der Waals surface area contributed by atoms with E-state index in [-0.39, 0.29) is 23.9 Å². The first-order valence-corrected chi connectivity index (χ1v) is 6.54. The monoisotopic (exact) mass is 288 g/mol. The molecule has 0 radical (unpaired) electrons. The summed E-state index contributed by atoms with van der Waals surface area (Å²) in [5.41, 5.74) is 0.161. The van der Waals surface area contributed by atoms with Crippen LogP contribution in [0.25, 0.3) is 0 Å². The van der Waals surface area contributed by atoms with Crippen molar-refractivity contribution in [2.75, 3.05) is 0 Å². The van der Waals surface area contributed by atoms with E-state index in [4.69, 9.17) is 0 Å². The van der Waals surface area contributed by atoms with Crippen molar-refractivity contribution >= 4 is 5.91 Å². The third kappa shape index (κ3) is 4.41. The molecule has 2 aromatic heterocycles. The fraction of sp³-hybridized carbons (Fsp3) is 0.286. The summed E-state index contributed by atoms with van der Waals surface area (Å²) < 4.78 is 0. The topological polar surface area (TPSA) is 108 Å². The van der Waals surface area contributed by atoms with Crippen LogP contribution in [-0.4, -0.2) is 26.9 Å². The molecule has 7 heteroatoms. The van der Waals surface area contributed by atoms with Crippen LogP contribution in [-0.2, 0) is 17.6 Å². The summed E-state index contributed by atoms with van der Waals surface area (Å²) in [7, 11) is 0. The molecule has 0 aliphatic rings. The van der Waals surface area contributed by atoms with E-state index >= 15 is 0 Å². The van der Waals surface area contributed by atoms with Crippen LogP contribution in [0.2, 0.25) is 0 Å². The van der Waals surface area contributed by atoms with Crippen molar-refractivity contribution in [1.82, 2.24) is 20.3 Å². The Bertz CT molecular complexity index is 721. The standard InChI is InChI=1S/C14H16N4O3/c1-9(6-10-2-4-15-5-3-10)17-12(19)7-11-8-16-14(21)18-13(11)20/h2-5,8-9H,6-7H2,1H3,(H,17,19)(H2,16,18,20,21)/t9-/m0/s1. The van der Waals surface area contributed by atoms with Crippen molar-refractivity contribution < 1.29 is 4.79 Å². The van der Waals surface area contributed by atoms with Gasteiger partial charge in [-0.1, -0.05) is 0 Å². The van der Waals surface area contributed by atoms with Crippen LogP contribution in [0.4, 0.5) is 0 Å². The van der Waals surface area contributed by atoms with Crippen molar-refractivity contribution in [1.29, 1.82) is 0 Å².